The number of aliphatic hydroxyl groups is 2. The van der Waals surface area contributed by atoms with Gasteiger partial charge in [0.1, 0.15) is 11.9 Å². The van der Waals surface area contributed by atoms with Gasteiger partial charge in [-0.1, -0.05) is 70.0 Å². The van der Waals surface area contributed by atoms with Crippen molar-refractivity contribution in [1.82, 2.24) is 4.90 Å². The molecule has 7 rings (SSSR count). The van der Waals surface area contributed by atoms with Crippen LogP contribution in [0.5, 0.6) is 5.75 Å². The van der Waals surface area contributed by atoms with E-state index in [2.05, 4.69) is 31.6 Å². The summed E-state index contributed by atoms with van der Waals surface area (Å²) in [6.07, 6.45) is 1.17. The van der Waals surface area contributed by atoms with Crippen molar-refractivity contribution < 1.29 is 51.2 Å². The number of hydrogen-bond donors (Lipinski definition) is 2. The van der Waals surface area contributed by atoms with E-state index in [-0.39, 0.29) is 55.0 Å². The van der Waals surface area contributed by atoms with Gasteiger partial charge in [0.25, 0.3) is 0 Å². The first-order chi connectivity index (χ1) is 28.2. The molecule has 0 radical (unpaired) electrons. The van der Waals surface area contributed by atoms with E-state index in [9.17, 15) is 41.8 Å². The Bertz CT molecular complexity index is 2030. The lowest BCUT2D eigenvalue weighted by atomic mass is 9.64. The van der Waals surface area contributed by atoms with Gasteiger partial charge in [0.05, 0.1) is 18.2 Å². The van der Waals surface area contributed by atoms with E-state index in [1.54, 1.807) is 6.07 Å². The number of ether oxygens (including phenoxy) is 2. The average molecular weight is 840 g/mol. The number of alkyl halides is 3. The van der Waals surface area contributed by atoms with Crippen molar-refractivity contribution in [2.75, 3.05) is 6.54 Å². The van der Waals surface area contributed by atoms with Crippen LogP contribution in [0.2, 0.25) is 0 Å². The lowest BCUT2D eigenvalue weighted by Gasteiger charge is -2.46. The number of nitrogens with zero attached hydrogens (tertiary/aromatic N) is 1. The fraction of sp³-hybridized carbons (Fsp3) is 0.542. The lowest BCUT2D eigenvalue weighted by molar-refractivity contribution is -0.274. The van der Waals surface area contributed by atoms with Crippen LogP contribution < -0.4 is 4.74 Å². The number of rotatable bonds is 9. The number of hydrogen-bond acceptors (Lipinski definition) is 6. The topological polar surface area (TPSA) is 96.3 Å². The third kappa shape index (κ3) is 10.4. The number of carbonyl (C=O) groups is 2. The highest BCUT2D eigenvalue weighted by molar-refractivity contribution is 6.10. The fourth-order valence-corrected chi connectivity index (χ4v) is 9.96. The Kier molecular flexibility index (Phi) is 13.8. The molecule has 0 aliphatic heterocycles. The van der Waals surface area contributed by atoms with Gasteiger partial charge in [0.15, 0.2) is 17.4 Å². The zero-order valence-electron chi connectivity index (χ0n) is 35.2. The van der Waals surface area contributed by atoms with Crippen LogP contribution in [0.15, 0.2) is 72.3 Å². The Balaban J connectivity index is 1.41. The standard InChI is InChI=1S/C48H58F5NO6/c1-29(2)37-17-9-31(4)23-43(37)59-45(57)54(27-32-10-15-36(16-11-32)60-48(51,52)53)28-47(58)22-20-40-38-18-12-33(24-35(55)14-8-30(3)7-6-21-46(40,47)5)25-39(38)44(56)34-13-19-41(49)42(50)26-34/h7,10-13,15-16,18-19,25-26,29,31,35,37,40,43,55,58H,6,8-9,14,17,20-24,27-28H2,1-5H3/t31-,35-,37+,40-,43-,46-,47+/m0/s1. The third-order valence-electron chi connectivity index (χ3n) is 13.6. The molecule has 3 aromatic carbocycles. The van der Waals surface area contributed by atoms with E-state index in [0.29, 0.717) is 61.1 Å². The number of aliphatic hydroxyl groups excluding tert-OH is 1. The van der Waals surface area contributed by atoms with E-state index >= 15 is 0 Å². The maximum absolute atomic E-state index is 14.5. The van der Waals surface area contributed by atoms with Crippen LogP contribution in [0.1, 0.15) is 131 Å². The molecule has 2 N–H and O–H groups in total. The second kappa shape index (κ2) is 18.4. The van der Waals surface area contributed by atoms with Gasteiger partial charge in [-0.15, -0.1) is 13.2 Å². The smallest absolute Gasteiger partial charge is 0.446 e. The van der Waals surface area contributed by atoms with E-state index in [0.717, 1.165) is 30.5 Å². The second-order valence-electron chi connectivity index (χ2n) is 18.2. The number of halogens is 5. The Morgan fingerprint density at radius 3 is 2.37 bits per heavy atom. The van der Waals surface area contributed by atoms with Gasteiger partial charge in [0.2, 0.25) is 0 Å². The molecule has 4 aliphatic rings. The van der Waals surface area contributed by atoms with E-state index in [4.69, 9.17) is 4.74 Å². The molecule has 326 valence electrons. The monoisotopic (exact) mass is 839 g/mol. The molecule has 0 unspecified atom stereocenters. The largest absolute Gasteiger partial charge is 0.573 e. The quantitative estimate of drug-likeness (QED) is 0.127. The summed E-state index contributed by atoms with van der Waals surface area (Å²) in [5.74, 6) is -2.89. The molecule has 7 atom stereocenters. The van der Waals surface area contributed by atoms with Crippen molar-refractivity contribution >= 4 is 11.9 Å². The number of fused-ring (bicyclic) bond motifs is 8. The fourth-order valence-electron chi connectivity index (χ4n) is 9.96. The van der Waals surface area contributed by atoms with Gasteiger partial charge in [-0.25, -0.2) is 13.6 Å². The van der Waals surface area contributed by atoms with E-state index < -0.39 is 58.7 Å². The molecule has 3 aromatic rings. The van der Waals surface area contributed by atoms with Crippen LogP contribution in [0, 0.1) is 34.8 Å². The van der Waals surface area contributed by atoms with Crippen LogP contribution in [0.25, 0.3) is 0 Å². The van der Waals surface area contributed by atoms with Gasteiger partial charge in [0, 0.05) is 23.1 Å². The minimum atomic E-state index is -4.87. The van der Waals surface area contributed by atoms with Gasteiger partial charge >= 0.3 is 12.5 Å². The first-order valence-corrected chi connectivity index (χ1v) is 21.2. The van der Waals surface area contributed by atoms with Crippen molar-refractivity contribution in [3.05, 3.63) is 112 Å². The first kappa shape index (κ1) is 45.2. The molecule has 1 amide bonds. The van der Waals surface area contributed by atoms with Crippen LogP contribution in [-0.2, 0) is 17.7 Å². The zero-order chi connectivity index (χ0) is 43.6. The molecule has 2 bridgehead atoms. The highest BCUT2D eigenvalue weighted by atomic mass is 19.4. The molecule has 0 aromatic heterocycles. The van der Waals surface area contributed by atoms with Crippen LogP contribution >= 0.6 is 0 Å². The summed E-state index contributed by atoms with van der Waals surface area (Å²) in [5.41, 5.74) is 0.597. The zero-order valence-corrected chi connectivity index (χ0v) is 35.2. The molecule has 12 heteroatoms. The molecular weight excluding hydrogens is 782 g/mol. The van der Waals surface area contributed by atoms with Crippen LogP contribution in [-0.4, -0.2) is 57.7 Å². The number of carbonyl (C=O) groups excluding carboxylic acids is 2. The maximum Gasteiger partial charge on any atom is 0.573 e. The Hall–Kier alpha value is -4.29. The SMILES string of the molecule is CC1=CCC[C@@]2(C)[C@@H](CC[C@@]2(O)CN(Cc2ccc(OC(F)(F)F)cc2)C(=O)O[C@H]2C[C@@H](C)CC[C@@H]2C(C)C)c2ccc(cc2C(=O)c2ccc(F)c(F)c2)C[C@@H](O)CC1. The van der Waals surface area contributed by atoms with Gasteiger partial charge in [-0.2, -0.15) is 0 Å². The second-order valence-corrected chi connectivity index (χ2v) is 18.2. The summed E-state index contributed by atoms with van der Waals surface area (Å²) in [6, 6.07) is 13.7. The molecule has 2 fully saturated rings. The van der Waals surface area contributed by atoms with Crippen LogP contribution in [0.3, 0.4) is 0 Å². The first-order valence-electron chi connectivity index (χ1n) is 21.2. The van der Waals surface area contributed by atoms with Crippen molar-refractivity contribution in [3.8, 4) is 5.75 Å². The highest BCUT2D eigenvalue weighted by Crippen LogP contribution is 2.59. The molecule has 0 heterocycles. The number of amides is 1. The molecule has 0 spiro atoms. The summed E-state index contributed by atoms with van der Waals surface area (Å²) >= 11 is 0. The van der Waals surface area contributed by atoms with Crippen molar-refractivity contribution in [1.29, 1.82) is 0 Å². The summed E-state index contributed by atoms with van der Waals surface area (Å²) in [4.78, 5) is 30.3. The average Bonchev–Trinajstić information content (AvgIpc) is 3.43. The Morgan fingerprint density at radius 1 is 0.950 bits per heavy atom. The predicted octanol–water partition coefficient (Wildman–Crippen LogP) is 11.2. The summed E-state index contributed by atoms with van der Waals surface area (Å²) < 4.78 is 78.0. The lowest BCUT2D eigenvalue weighted by Crippen LogP contribution is -2.54. The number of benzene rings is 3. The summed E-state index contributed by atoms with van der Waals surface area (Å²) in [7, 11) is 0. The molecule has 0 saturated heterocycles. The highest BCUT2D eigenvalue weighted by Gasteiger charge is 2.58. The Labute approximate surface area is 350 Å². The van der Waals surface area contributed by atoms with Gasteiger partial charge < -0.3 is 24.6 Å². The van der Waals surface area contributed by atoms with Crippen molar-refractivity contribution in [3.63, 3.8) is 0 Å². The number of allylic oxidation sites excluding steroid dienone is 2. The van der Waals surface area contributed by atoms with E-state index in [1.807, 2.05) is 26.0 Å². The van der Waals surface area contributed by atoms with E-state index in [1.165, 1.54) is 35.2 Å². The van der Waals surface area contributed by atoms with Gasteiger partial charge in [-0.3, -0.25) is 4.79 Å². The summed E-state index contributed by atoms with van der Waals surface area (Å²) in [5, 5.41) is 24.1. The minimum absolute atomic E-state index is 0.0419. The van der Waals surface area contributed by atoms with Crippen molar-refractivity contribution in [2.24, 2.45) is 23.2 Å². The minimum Gasteiger partial charge on any atom is -0.446 e. The predicted molar refractivity (Wildman–Crippen MR) is 218 cm³/mol. The molecule has 4 aliphatic carbocycles. The number of ketones is 1. The normalized spacial score (nSPS) is 27.5. The van der Waals surface area contributed by atoms with Crippen LogP contribution in [0.4, 0.5) is 26.7 Å². The maximum atomic E-state index is 14.5. The molecule has 60 heavy (non-hydrogen) atoms. The third-order valence-corrected chi connectivity index (χ3v) is 13.6. The summed E-state index contributed by atoms with van der Waals surface area (Å²) in [6.45, 7) is 10.1. The van der Waals surface area contributed by atoms with Gasteiger partial charge in [-0.05, 0) is 141 Å². The van der Waals surface area contributed by atoms with Crippen molar-refractivity contribution in [2.45, 2.75) is 135 Å². The Morgan fingerprint density at radius 2 is 1.68 bits per heavy atom. The molecule has 2 saturated carbocycles. The molecule has 7 nitrogen and oxygen atoms in total. The molecular formula is C48H58F5NO6.